The molecule has 0 spiro atoms. The third kappa shape index (κ3) is 7.04. The minimum absolute atomic E-state index is 0.0154. The summed E-state index contributed by atoms with van der Waals surface area (Å²) in [4.78, 5) is 0. The first-order valence-electron chi connectivity index (χ1n) is 6.52. The lowest BCUT2D eigenvalue weighted by atomic mass is 9.82. The fraction of sp³-hybridized carbons (Fsp3) is 0.833. The van der Waals surface area contributed by atoms with E-state index in [0.717, 1.165) is 45.5 Å². The van der Waals surface area contributed by atoms with Crippen molar-refractivity contribution in [3.8, 4) is 0 Å². The zero-order valence-corrected chi connectivity index (χ0v) is 10.4. The Hall–Kier alpha value is -0.315. The number of unbranched alkanes of at least 4 members (excludes halogenated alkanes) is 2. The van der Waals surface area contributed by atoms with Crippen molar-refractivity contribution in [2.24, 2.45) is 0 Å². The van der Waals surface area contributed by atoms with Gasteiger partial charge in [-0.3, -0.25) is 0 Å². The van der Waals surface area contributed by atoms with Crippen molar-refractivity contribution < 1.29 is 9.31 Å². The van der Waals surface area contributed by atoms with Crippen LogP contribution in [0, 0.1) is 0 Å². The Balaban J connectivity index is 2.01. The Morgan fingerprint density at radius 2 is 1.81 bits per heavy atom. The molecule has 0 atom stereocenters. The molecule has 0 saturated carbocycles. The molecule has 0 aromatic carbocycles. The van der Waals surface area contributed by atoms with Gasteiger partial charge in [0, 0.05) is 26.3 Å². The molecule has 0 aromatic rings. The summed E-state index contributed by atoms with van der Waals surface area (Å²) >= 11 is 0. The number of hydrogen-bond donors (Lipinski definition) is 1. The van der Waals surface area contributed by atoms with E-state index in [1.165, 1.54) is 12.8 Å². The van der Waals surface area contributed by atoms with E-state index in [-0.39, 0.29) is 7.12 Å². The number of hydrogen-bond acceptors (Lipinski definition) is 3. The molecule has 1 aliphatic rings. The van der Waals surface area contributed by atoms with Gasteiger partial charge in [-0.2, -0.15) is 0 Å². The lowest BCUT2D eigenvalue weighted by Gasteiger charge is -2.18. The summed E-state index contributed by atoms with van der Waals surface area (Å²) in [7, 11) is 0.0154. The van der Waals surface area contributed by atoms with Crippen LogP contribution < -0.4 is 5.32 Å². The predicted octanol–water partition coefficient (Wildman–Crippen LogP) is 2.25. The minimum atomic E-state index is 0.0154. The average molecular weight is 225 g/mol. The van der Waals surface area contributed by atoms with Crippen LogP contribution >= 0.6 is 0 Å². The van der Waals surface area contributed by atoms with Gasteiger partial charge >= 0.3 is 7.12 Å². The molecule has 1 saturated heterocycles. The summed E-state index contributed by atoms with van der Waals surface area (Å²) in [5.74, 6) is 0. The fourth-order valence-corrected chi connectivity index (χ4v) is 1.67. The van der Waals surface area contributed by atoms with Crippen molar-refractivity contribution in [3.63, 3.8) is 0 Å². The van der Waals surface area contributed by atoms with Gasteiger partial charge < -0.3 is 14.6 Å². The molecule has 4 heteroatoms. The van der Waals surface area contributed by atoms with E-state index in [0.29, 0.717) is 0 Å². The van der Waals surface area contributed by atoms with E-state index >= 15 is 0 Å². The molecule has 1 rings (SSSR count). The maximum atomic E-state index is 5.60. The van der Waals surface area contributed by atoms with Gasteiger partial charge in [-0.15, -0.1) is 0 Å². The molecule has 1 heterocycles. The second-order valence-corrected chi connectivity index (χ2v) is 4.11. The molecule has 0 aliphatic carbocycles. The van der Waals surface area contributed by atoms with E-state index < -0.39 is 0 Å². The highest BCUT2D eigenvalue weighted by molar-refractivity contribution is 6.44. The van der Waals surface area contributed by atoms with Crippen LogP contribution in [0.25, 0.3) is 0 Å². The summed E-state index contributed by atoms with van der Waals surface area (Å²) in [5, 5.41) is 3.24. The van der Waals surface area contributed by atoms with E-state index in [1.54, 1.807) is 0 Å². The molecule has 0 unspecified atom stereocenters. The van der Waals surface area contributed by atoms with E-state index in [9.17, 15) is 0 Å². The molecule has 16 heavy (non-hydrogen) atoms. The molecule has 0 radical (unpaired) electrons. The van der Waals surface area contributed by atoms with Gasteiger partial charge in [0.2, 0.25) is 0 Å². The monoisotopic (exact) mass is 225 g/mol. The molecular formula is C12H24BNO2. The molecule has 1 fully saturated rings. The Bertz CT molecular complexity index is 180. The third-order valence-corrected chi connectivity index (χ3v) is 2.60. The quantitative estimate of drug-likeness (QED) is 0.427. The number of nitrogens with one attached hydrogen (secondary N) is 1. The van der Waals surface area contributed by atoms with Crippen LogP contribution in [-0.4, -0.2) is 33.4 Å². The Morgan fingerprint density at radius 3 is 2.50 bits per heavy atom. The van der Waals surface area contributed by atoms with Crippen molar-refractivity contribution in [2.75, 3.05) is 26.3 Å². The van der Waals surface area contributed by atoms with Gasteiger partial charge in [0.25, 0.3) is 0 Å². The molecule has 92 valence electrons. The van der Waals surface area contributed by atoms with Crippen LogP contribution in [0.1, 0.15) is 32.6 Å². The molecule has 3 nitrogen and oxygen atoms in total. The smallest absolute Gasteiger partial charge is 0.410 e. The minimum Gasteiger partial charge on any atom is -0.410 e. The molecule has 1 aliphatic heterocycles. The van der Waals surface area contributed by atoms with Crippen LogP contribution in [0.15, 0.2) is 12.2 Å². The van der Waals surface area contributed by atoms with Gasteiger partial charge in [-0.05, 0) is 19.2 Å². The molecular weight excluding hydrogens is 201 g/mol. The number of rotatable bonds is 6. The molecule has 0 bridgehead atoms. The van der Waals surface area contributed by atoms with Gasteiger partial charge in [0.15, 0.2) is 0 Å². The highest BCUT2D eigenvalue weighted by atomic mass is 16.6. The fourth-order valence-electron chi connectivity index (χ4n) is 1.67. The largest absolute Gasteiger partial charge is 0.456 e. The van der Waals surface area contributed by atoms with Gasteiger partial charge in [0.1, 0.15) is 0 Å². The maximum Gasteiger partial charge on any atom is 0.456 e. The highest BCUT2D eigenvalue weighted by Gasteiger charge is 2.18. The molecule has 0 aromatic heterocycles. The first-order valence-corrected chi connectivity index (χ1v) is 6.52. The maximum absolute atomic E-state index is 5.60. The topological polar surface area (TPSA) is 30.5 Å². The first-order chi connectivity index (χ1) is 7.93. The summed E-state index contributed by atoms with van der Waals surface area (Å²) in [6.45, 7) is 5.60. The van der Waals surface area contributed by atoms with Crippen molar-refractivity contribution in [1.82, 2.24) is 5.32 Å². The van der Waals surface area contributed by atoms with E-state index in [1.807, 2.05) is 0 Å². The van der Waals surface area contributed by atoms with Crippen LogP contribution in [0.3, 0.4) is 0 Å². The second kappa shape index (κ2) is 9.88. The van der Waals surface area contributed by atoms with Crippen molar-refractivity contribution >= 4 is 7.12 Å². The zero-order chi connectivity index (χ0) is 11.5. The lowest BCUT2D eigenvalue weighted by molar-refractivity contribution is 0.177. The Morgan fingerprint density at radius 1 is 1.12 bits per heavy atom. The van der Waals surface area contributed by atoms with Crippen molar-refractivity contribution in [1.29, 1.82) is 0 Å². The summed E-state index contributed by atoms with van der Waals surface area (Å²) in [5.41, 5.74) is 0. The number of allylic oxidation sites excluding steroid dienone is 2. The predicted molar refractivity (Wildman–Crippen MR) is 68.6 cm³/mol. The Labute approximate surface area is 99.7 Å². The first kappa shape index (κ1) is 13.7. The van der Waals surface area contributed by atoms with Gasteiger partial charge in [0.05, 0.1) is 0 Å². The Kier molecular flexibility index (Phi) is 8.49. The summed E-state index contributed by atoms with van der Waals surface area (Å²) < 4.78 is 11.2. The second-order valence-electron chi connectivity index (χ2n) is 4.11. The molecule has 0 amide bonds. The normalized spacial score (nSPS) is 18.7. The summed E-state index contributed by atoms with van der Waals surface area (Å²) in [6.07, 6.45) is 10.3. The van der Waals surface area contributed by atoms with Gasteiger partial charge in [-0.25, -0.2) is 0 Å². The van der Waals surface area contributed by atoms with Crippen LogP contribution in [0.2, 0.25) is 6.32 Å². The summed E-state index contributed by atoms with van der Waals surface area (Å²) in [6, 6.07) is 0. The van der Waals surface area contributed by atoms with Crippen LogP contribution in [0.5, 0.6) is 0 Å². The van der Waals surface area contributed by atoms with Crippen molar-refractivity contribution in [2.45, 2.75) is 38.9 Å². The van der Waals surface area contributed by atoms with E-state index in [4.69, 9.17) is 9.31 Å². The van der Waals surface area contributed by atoms with Gasteiger partial charge in [-0.1, -0.05) is 31.9 Å². The van der Waals surface area contributed by atoms with Crippen LogP contribution in [-0.2, 0) is 9.31 Å². The van der Waals surface area contributed by atoms with Crippen molar-refractivity contribution in [3.05, 3.63) is 12.2 Å². The highest BCUT2D eigenvalue weighted by Crippen LogP contribution is 2.06. The SMILES string of the molecule is CCC/C=C/CCCB1OCCNCCO1. The lowest BCUT2D eigenvalue weighted by Crippen LogP contribution is -2.35. The zero-order valence-electron chi connectivity index (χ0n) is 10.4. The third-order valence-electron chi connectivity index (χ3n) is 2.60. The molecule has 1 N–H and O–H groups in total. The van der Waals surface area contributed by atoms with E-state index in [2.05, 4.69) is 24.4 Å². The average Bonchev–Trinajstić information content (AvgIpc) is 2.25. The standard InChI is InChI=1S/C12H24BNO2/c1-2-3-4-5-6-7-8-13-15-11-9-14-10-12-16-13/h4-5,14H,2-3,6-12H2,1H3/b5-4+. The van der Waals surface area contributed by atoms with Crippen LogP contribution in [0.4, 0.5) is 0 Å².